The molecule has 13 nitrogen and oxygen atoms in total. The summed E-state index contributed by atoms with van der Waals surface area (Å²) in [5, 5.41) is 24.1. The first-order valence-electron chi connectivity index (χ1n) is 13.1. The molecule has 41 heavy (non-hydrogen) atoms. The van der Waals surface area contributed by atoms with Crippen molar-refractivity contribution in [3.05, 3.63) is 66.0 Å². The summed E-state index contributed by atoms with van der Waals surface area (Å²) in [6.45, 7) is 2.46. The van der Waals surface area contributed by atoms with Crippen LogP contribution in [0.1, 0.15) is 37.7 Å². The van der Waals surface area contributed by atoms with Crippen molar-refractivity contribution in [1.29, 1.82) is 5.26 Å². The number of carbonyl (C=O) groups is 2. The lowest BCUT2D eigenvalue weighted by Crippen LogP contribution is -2.29. The van der Waals surface area contributed by atoms with Crippen molar-refractivity contribution < 1.29 is 32.7 Å². The zero-order valence-corrected chi connectivity index (χ0v) is 23.9. The predicted octanol–water partition coefficient (Wildman–Crippen LogP) is 3.44. The fourth-order valence-electron chi connectivity index (χ4n) is 3.79. The standard InChI is InChI=1S/C27H33N6O7P/c1-3-37-25(34)18-39-41(36,40-19-26(35)38-4-2)20-29-24(27-30-31-32-33(27)16-8-15-28)17-21-11-13-23(14-12-21)22-9-6-5-7-10-22/h5-7,9-14,24,29H,3-4,8,16-20H2,1-2H3. The summed E-state index contributed by atoms with van der Waals surface area (Å²) < 4.78 is 35.5. The second kappa shape index (κ2) is 16.3. The van der Waals surface area contributed by atoms with E-state index < -0.39 is 38.8 Å². The number of aromatic nitrogens is 4. The van der Waals surface area contributed by atoms with E-state index in [1.807, 2.05) is 54.6 Å². The van der Waals surface area contributed by atoms with Gasteiger partial charge < -0.3 is 9.47 Å². The molecule has 0 saturated heterocycles. The number of esters is 2. The number of nitrogens with zero attached hydrogens (tertiary/aromatic N) is 5. The van der Waals surface area contributed by atoms with E-state index in [0.717, 1.165) is 16.7 Å². The molecule has 2 aromatic carbocycles. The SMILES string of the molecule is CCOC(=O)COP(=O)(CNC(Cc1ccc(-c2ccccc2)cc1)c1nnnn1CCC#N)OCC(=O)OCC. The predicted molar refractivity (Wildman–Crippen MR) is 147 cm³/mol. The molecule has 14 heteroatoms. The molecule has 0 radical (unpaired) electrons. The van der Waals surface area contributed by atoms with Crippen LogP contribution in [-0.4, -0.2) is 64.9 Å². The number of carbonyl (C=O) groups excluding carboxylic acids is 2. The van der Waals surface area contributed by atoms with Crippen molar-refractivity contribution in [3.8, 4) is 17.2 Å². The van der Waals surface area contributed by atoms with Crippen LogP contribution in [0.25, 0.3) is 11.1 Å². The second-order valence-corrected chi connectivity index (χ2v) is 10.7. The zero-order valence-electron chi connectivity index (χ0n) is 23.0. The number of hydrogen-bond donors (Lipinski definition) is 1. The highest BCUT2D eigenvalue weighted by Gasteiger charge is 2.31. The van der Waals surface area contributed by atoms with E-state index in [0.29, 0.717) is 12.2 Å². The molecular formula is C27H33N6O7P. The van der Waals surface area contributed by atoms with Crippen molar-refractivity contribution in [2.24, 2.45) is 0 Å². The number of benzene rings is 2. The maximum Gasteiger partial charge on any atom is 0.345 e. The Kier molecular flexibility index (Phi) is 12.6. The highest BCUT2D eigenvalue weighted by atomic mass is 31.2. The molecule has 0 spiro atoms. The van der Waals surface area contributed by atoms with E-state index in [1.165, 1.54) is 4.68 Å². The Morgan fingerprint density at radius 3 is 2.17 bits per heavy atom. The van der Waals surface area contributed by atoms with E-state index in [2.05, 4.69) is 26.9 Å². The van der Waals surface area contributed by atoms with Gasteiger partial charge in [0.05, 0.1) is 44.6 Å². The largest absolute Gasteiger partial charge is 0.464 e. The molecule has 218 valence electrons. The van der Waals surface area contributed by atoms with E-state index in [4.69, 9.17) is 23.8 Å². The van der Waals surface area contributed by atoms with E-state index in [9.17, 15) is 14.2 Å². The summed E-state index contributed by atoms with van der Waals surface area (Å²) in [6.07, 6.45) is 0.168. The number of tetrazole rings is 1. The van der Waals surface area contributed by atoms with Crippen LogP contribution in [-0.2, 0) is 45.6 Å². The number of aryl methyl sites for hydroxylation is 1. The van der Waals surface area contributed by atoms with Gasteiger partial charge in [0.2, 0.25) is 0 Å². The lowest BCUT2D eigenvalue weighted by Gasteiger charge is -2.23. The van der Waals surface area contributed by atoms with Crippen molar-refractivity contribution in [1.82, 2.24) is 25.5 Å². The smallest absolute Gasteiger partial charge is 0.345 e. The summed E-state index contributed by atoms with van der Waals surface area (Å²) >= 11 is 0. The molecule has 0 aliphatic heterocycles. The summed E-state index contributed by atoms with van der Waals surface area (Å²) in [4.78, 5) is 23.8. The first-order chi connectivity index (χ1) is 19.9. The Labute approximate surface area is 238 Å². The minimum absolute atomic E-state index is 0.116. The number of nitriles is 1. The number of rotatable bonds is 17. The molecule has 3 aromatic rings. The monoisotopic (exact) mass is 584 g/mol. The Bertz CT molecular complexity index is 1320. The average molecular weight is 585 g/mol. The minimum Gasteiger partial charge on any atom is -0.464 e. The van der Waals surface area contributed by atoms with Crippen molar-refractivity contribution in [2.75, 3.05) is 32.7 Å². The first-order valence-corrected chi connectivity index (χ1v) is 14.8. The molecule has 0 aliphatic carbocycles. The molecule has 1 unspecified atom stereocenters. The Morgan fingerprint density at radius 1 is 0.976 bits per heavy atom. The lowest BCUT2D eigenvalue weighted by atomic mass is 10.0. The highest BCUT2D eigenvalue weighted by Crippen LogP contribution is 2.47. The van der Waals surface area contributed by atoms with E-state index in [1.54, 1.807) is 13.8 Å². The van der Waals surface area contributed by atoms with Gasteiger partial charge in [-0.05, 0) is 47.4 Å². The van der Waals surface area contributed by atoms with Crippen LogP contribution >= 0.6 is 7.60 Å². The average Bonchev–Trinajstić information content (AvgIpc) is 3.46. The minimum atomic E-state index is -4.06. The van der Waals surface area contributed by atoms with Crippen molar-refractivity contribution >= 4 is 19.5 Å². The normalized spacial score (nSPS) is 11.9. The van der Waals surface area contributed by atoms with Crippen molar-refractivity contribution in [2.45, 2.75) is 39.3 Å². The summed E-state index contributed by atoms with van der Waals surface area (Å²) in [6, 6.07) is 19.3. The number of nitrogens with one attached hydrogen (secondary N) is 1. The third-order valence-corrected chi connectivity index (χ3v) is 7.32. The molecule has 1 heterocycles. The van der Waals surface area contributed by atoms with Gasteiger partial charge in [0.1, 0.15) is 0 Å². The first kappa shape index (κ1) is 31.6. The molecule has 1 N–H and O–H groups in total. The van der Waals surface area contributed by atoms with Gasteiger partial charge in [0.15, 0.2) is 19.0 Å². The van der Waals surface area contributed by atoms with Gasteiger partial charge in [0.25, 0.3) is 0 Å². The zero-order chi connectivity index (χ0) is 29.5. The molecule has 1 atom stereocenters. The number of ether oxygens (including phenoxy) is 2. The van der Waals surface area contributed by atoms with Crippen LogP contribution in [0.2, 0.25) is 0 Å². The molecule has 0 aliphatic rings. The van der Waals surface area contributed by atoms with Crippen LogP contribution in [0, 0.1) is 11.3 Å². The molecule has 0 bridgehead atoms. The fourth-order valence-corrected chi connectivity index (χ4v) is 5.09. The number of hydrogen-bond acceptors (Lipinski definition) is 12. The fraction of sp³-hybridized carbons (Fsp3) is 0.407. The maximum absolute atomic E-state index is 13.6. The van der Waals surface area contributed by atoms with E-state index >= 15 is 0 Å². The Morgan fingerprint density at radius 2 is 1.59 bits per heavy atom. The molecular weight excluding hydrogens is 551 g/mol. The highest BCUT2D eigenvalue weighted by molar-refractivity contribution is 7.53. The molecule has 3 rings (SSSR count). The third-order valence-electron chi connectivity index (χ3n) is 5.71. The topological polar surface area (TPSA) is 168 Å². The summed E-state index contributed by atoms with van der Waals surface area (Å²) in [7, 11) is -4.06. The van der Waals surface area contributed by atoms with Gasteiger partial charge in [-0.3, -0.25) is 18.9 Å². The van der Waals surface area contributed by atoms with Gasteiger partial charge in [-0.2, -0.15) is 5.26 Å². The molecule has 0 fully saturated rings. The lowest BCUT2D eigenvalue weighted by molar-refractivity contribution is -0.146. The molecule has 0 saturated carbocycles. The van der Waals surface area contributed by atoms with Crippen LogP contribution < -0.4 is 5.32 Å². The molecule has 1 aromatic heterocycles. The van der Waals surface area contributed by atoms with E-state index in [-0.39, 0.29) is 32.5 Å². The quantitative estimate of drug-likeness (QED) is 0.182. The second-order valence-electron chi connectivity index (χ2n) is 8.62. The van der Waals surface area contributed by atoms with Gasteiger partial charge in [0, 0.05) is 0 Å². The molecule has 0 amide bonds. The summed E-state index contributed by atoms with van der Waals surface area (Å²) in [5.41, 5.74) is 3.04. The van der Waals surface area contributed by atoms with Gasteiger partial charge in [-0.15, -0.1) is 5.10 Å². The third kappa shape index (κ3) is 10.2. The van der Waals surface area contributed by atoms with Crippen LogP contribution in [0.15, 0.2) is 54.6 Å². The Balaban J connectivity index is 1.82. The van der Waals surface area contributed by atoms with Crippen LogP contribution in [0.4, 0.5) is 0 Å². The van der Waals surface area contributed by atoms with Gasteiger partial charge in [-0.25, -0.2) is 14.3 Å². The van der Waals surface area contributed by atoms with Gasteiger partial charge in [-0.1, -0.05) is 54.6 Å². The summed E-state index contributed by atoms with van der Waals surface area (Å²) in [5.74, 6) is -1.07. The van der Waals surface area contributed by atoms with Crippen molar-refractivity contribution in [3.63, 3.8) is 0 Å². The maximum atomic E-state index is 13.6. The van der Waals surface area contributed by atoms with Gasteiger partial charge >= 0.3 is 19.5 Å². The van der Waals surface area contributed by atoms with Crippen LogP contribution in [0.5, 0.6) is 0 Å². The van der Waals surface area contributed by atoms with Crippen LogP contribution in [0.3, 0.4) is 0 Å². The Hall–Kier alpha value is -3.95.